The number of carbonyl (C=O) groups excluding carboxylic acids is 2. The van der Waals surface area contributed by atoms with Gasteiger partial charge in [-0.3, -0.25) is 14.5 Å². The van der Waals surface area contributed by atoms with Crippen LogP contribution >= 0.6 is 0 Å². The van der Waals surface area contributed by atoms with Crippen molar-refractivity contribution in [2.24, 2.45) is 11.8 Å². The number of aryl methyl sites for hydroxylation is 1. The molecule has 3 unspecified atom stereocenters. The second-order valence-electron chi connectivity index (χ2n) is 12.7. The molecule has 1 aliphatic carbocycles. The fourth-order valence-corrected chi connectivity index (χ4v) is 7.26. The normalized spacial score (nSPS) is 22.6. The molecule has 2 fully saturated rings. The Hall–Kier alpha value is -2.92. The molecule has 0 aromatic heterocycles. The first-order valence-electron chi connectivity index (χ1n) is 15.8. The quantitative estimate of drug-likeness (QED) is 0.113. The fourth-order valence-electron chi connectivity index (χ4n) is 7.26. The van der Waals surface area contributed by atoms with E-state index in [9.17, 15) is 9.59 Å². The molecule has 1 heterocycles. The van der Waals surface area contributed by atoms with Gasteiger partial charge < -0.3 is 9.64 Å². The van der Waals surface area contributed by atoms with Gasteiger partial charge in [0, 0.05) is 44.4 Å². The van der Waals surface area contributed by atoms with Gasteiger partial charge in [-0.2, -0.15) is 0 Å². The van der Waals surface area contributed by atoms with Crippen LogP contribution in [0.1, 0.15) is 83.3 Å². The molecule has 2 aromatic rings. The average Bonchev–Trinajstić information content (AvgIpc) is 2.96. The first-order valence-corrected chi connectivity index (χ1v) is 15.8. The number of rotatable bonds is 13. The van der Waals surface area contributed by atoms with Gasteiger partial charge in [0.2, 0.25) is 5.91 Å². The summed E-state index contributed by atoms with van der Waals surface area (Å²) < 4.78 is 5.51. The minimum Gasteiger partial charge on any atom is -0.427 e. The molecule has 1 aliphatic heterocycles. The maximum Gasteiger partial charge on any atom is 0.308 e. The predicted molar refractivity (Wildman–Crippen MR) is 167 cm³/mol. The Labute approximate surface area is 248 Å². The van der Waals surface area contributed by atoms with Gasteiger partial charge in [-0.25, -0.2) is 0 Å². The predicted octanol–water partition coefficient (Wildman–Crippen LogP) is 7.20. The van der Waals surface area contributed by atoms with Gasteiger partial charge in [0.15, 0.2) is 0 Å². The summed E-state index contributed by atoms with van der Waals surface area (Å²) in [5, 5.41) is 0. The van der Waals surface area contributed by atoms with E-state index in [0.717, 1.165) is 77.5 Å². The molecule has 41 heavy (non-hydrogen) atoms. The van der Waals surface area contributed by atoms with E-state index >= 15 is 0 Å². The number of nitrogens with zero attached hydrogens (tertiary/aromatic N) is 2. The van der Waals surface area contributed by atoms with Crippen molar-refractivity contribution >= 4 is 11.9 Å². The Kier molecular flexibility index (Phi) is 11.2. The molecule has 1 saturated heterocycles. The number of carbonyl (C=O) groups is 2. The zero-order valence-electron chi connectivity index (χ0n) is 25.5. The summed E-state index contributed by atoms with van der Waals surface area (Å²) in [5.74, 6) is 1.55. The van der Waals surface area contributed by atoms with E-state index in [2.05, 4.69) is 72.7 Å². The van der Waals surface area contributed by atoms with Crippen molar-refractivity contribution in [3.8, 4) is 5.75 Å². The molecule has 222 valence electrons. The van der Waals surface area contributed by atoms with E-state index < -0.39 is 0 Å². The van der Waals surface area contributed by atoms with E-state index in [-0.39, 0.29) is 17.4 Å². The van der Waals surface area contributed by atoms with E-state index in [1.165, 1.54) is 18.1 Å². The smallest absolute Gasteiger partial charge is 0.308 e. The molecule has 4 rings (SSSR count). The number of ether oxygens (including phenoxy) is 1. The largest absolute Gasteiger partial charge is 0.427 e. The molecule has 1 saturated carbocycles. The van der Waals surface area contributed by atoms with Gasteiger partial charge in [0.1, 0.15) is 5.75 Å². The number of amides is 1. The molecule has 0 bridgehead atoms. The van der Waals surface area contributed by atoms with Crippen LogP contribution in [0.2, 0.25) is 0 Å². The SMILES string of the molecule is C=CCN1CCC2(c3cccc(OC(C)=O)c3)CC(N(CC(C)C)C(=O)CCCCCc3ccccc3)CCC2C1. The number of likely N-dealkylation sites (tertiary alicyclic amines) is 1. The minimum atomic E-state index is -0.295. The molecule has 0 N–H and O–H groups in total. The lowest BCUT2D eigenvalue weighted by Gasteiger charge is -2.54. The summed E-state index contributed by atoms with van der Waals surface area (Å²) in [6.07, 6.45) is 11.0. The van der Waals surface area contributed by atoms with E-state index in [1.54, 1.807) is 0 Å². The van der Waals surface area contributed by atoms with Gasteiger partial charge in [-0.1, -0.05) is 68.8 Å². The molecule has 2 aromatic carbocycles. The van der Waals surface area contributed by atoms with Crippen LogP contribution in [0.5, 0.6) is 5.75 Å². The first-order chi connectivity index (χ1) is 19.8. The van der Waals surface area contributed by atoms with Crippen molar-refractivity contribution in [1.29, 1.82) is 0 Å². The lowest BCUT2D eigenvalue weighted by molar-refractivity contribution is -0.136. The van der Waals surface area contributed by atoms with Gasteiger partial charge in [-0.05, 0) is 86.6 Å². The van der Waals surface area contributed by atoms with E-state index in [4.69, 9.17) is 4.74 Å². The molecular weight excluding hydrogens is 508 g/mol. The van der Waals surface area contributed by atoms with Crippen LogP contribution in [-0.2, 0) is 21.4 Å². The number of unbranched alkanes of at least 4 members (excludes halogenated alkanes) is 2. The van der Waals surface area contributed by atoms with Crippen molar-refractivity contribution in [2.75, 3.05) is 26.2 Å². The third-order valence-corrected chi connectivity index (χ3v) is 9.16. The Morgan fingerprint density at radius 2 is 1.90 bits per heavy atom. The van der Waals surface area contributed by atoms with Gasteiger partial charge in [0.25, 0.3) is 0 Å². The number of benzene rings is 2. The fraction of sp³-hybridized carbons (Fsp3) is 0.556. The summed E-state index contributed by atoms with van der Waals surface area (Å²) in [4.78, 5) is 30.3. The van der Waals surface area contributed by atoms with Crippen molar-refractivity contribution in [1.82, 2.24) is 9.80 Å². The molecule has 2 aliphatic rings. The van der Waals surface area contributed by atoms with Crippen LogP contribution in [0.25, 0.3) is 0 Å². The molecule has 5 nitrogen and oxygen atoms in total. The van der Waals surface area contributed by atoms with Crippen LogP contribution in [0.4, 0.5) is 0 Å². The Balaban J connectivity index is 1.49. The van der Waals surface area contributed by atoms with Crippen molar-refractivity contribution < 1.29 is 14.3 Å². The van der Waals surface area contributed by atoms with Crippen molar-refractivity contribution in [2.45, 2.75) is 90.0 Å². The van der Waals surface area contributed by atoms with Gasteiger partial charge in [-0.15, -0.1) is 6.58 Å². The number of piperidine rings is 1. The first kappa shape index (κ1) is 31.0. The highest BCUT2D eigenvalue weighted by atomic mass is 16.5. The Morgan fingerprint density at radius 3 is 2.63 bits per heavy atom. The van der Waals surface area contributed by atoms with Crippen LogP contribution in [-0.4, -0.2) is 53.9 Å². The van der Waals surface area contributed by atoms with Crippen LogP contribution in [0, 0.1) is 11.8 Å². The summed E-state index contributed by atoms with van der Waals surface area (Å²) in [6, 6.07) is 19.0. The summed E-state index contributed by atoms with van der Waals surface area (Å²) >= 11 is 0. The Bertz CT molecular complexity index is 1150. The average molecular weight is 559 g/mol. The lowest BCUT2D eigenvalue weighted by atomic mass is 9.57. The molecule has 3 atom stereocenters. The molecule has 1 amide bonds. The van der Waals surface area contributed by atoms with E-state index in [0.29, 0.717) is 29.9 Å². The van der Waals surface area contributed by atoms with Crippen molar-refractivity contribution in [3.05, 3.63) is 78.4 Å². The second-order valence-corrected chi connectivity index (χ2v) is 12.7. The zero-order chi connectivity index (χ0) is 29.2. The zero-order valence-corrected chi connectivity index (χ0v) is 25.5. The molecule has 0 radical (unpaired) electrons. The minimum absolute atomic E-state index is 0.0397. The summed E-state index contributed by atoms with van der Waals surface area (Å²) in [6.45, 7) is 13.6. The maximum absolute atomic E-state index is 13.8. The standard InChI is InChI=1S/C36H50N2O3/c1-5-22-37-23-21-36(31-16-12-17-34(24-31)41-29(4)39)25-33(20-19-32(36)27-37)38(26-28(2)3)35(40)18-11-7-10-15-30-13-8-6-9-14-30/h5-6,8-9,12-14,16-17,24,28,32-33H,1,7,10-11,15,18-23,25-27H2,2-4H3. The third kappa shape index (κ3) is 8.31. The van der Waals surface area contributed by atoms with Gasteiger partial charge >= 0.3 is 5.97 Å². The number of esters is 1. The van der Waals surface area contributed by atoms with Gasteiger partial charge in [0.05, 0.1) is 0 Å². The maximum atomic E-state index is 13.8. The number of hydrogen-bond donors (Lipinski definition) is 0. The van der Waals surface area contributed by atoms with Crippen LogP contribution in [0.3, 0.4) is 0 Å². The summed E-state index contributed by atoms with van der Waals surface area (Å²) in [5.41, 5.74) is 2.59. The highest BCUT2D eigenvalue weighted by Crippen LogP contribution is 2.50. The van der Waals surface area contributed by atoms with Crippen LogP contribution < -0.4 is 4.74 Å². The monoisotopic (exact) mass is 558 g/mol. The highest BCUT2D eigenvalue weighted by Gasteiger charge is 2.49. The van der Waals surface area contributed by atoms with Crippen LogP contribution in [0.15, 0.2) is 67.3 Å². The number of hydrogen-bond acceptors (Lipinski definition) is 4. The second kappa shape index (κ2) is 14.8. The highest BCUT2D eigenvalue weighted by molar-refractivity contribution is 5.76. The van der Waals surface area contributed by atoms with Crippen molar-refractivity contribution in [3.63, 3.8) is 0 Å². The molecular formula is C36H50N2O3. The Morgan fingerprint density at radius 1 is 1.10 bits per heavy atom. The summed E-state index contributed by atoms with van der Waals surface area (Å²) in [7, 11) is 0. The lowest BCUT2D eigenvalue weighted by Crippen LogP contribution is -2.57. The number of fused-ring (bicyclic) bond motifs is 1. The van der Waals surface area contributed by atoms with E-state index in [1.807, 2.05) is 18.2 Å². The molecule has 5 heteroatoms. The molecule has 0 spiro atoms. The third-order valence-electron chi connectivity index (χ3n) is 9.16. The topological polar surface area (TPSA) is 49.9 Å².